The van der Waals surface area contributed by atoms with Crippen LogP contribution in [0.25, 0.3) is 0 Å². The number of aromatic nitrogens is 3. The average Bonchev–Trinajstić information content (AvgIpc) is 3.41. The van der Waals surface area contributed by atoms with Gasteiger partial charge in [-0.05, 0) is 36.6 Å². The van der Waals surface area contributed by atoms with Crippen LogP contribution in [0.1, 0.15) is 43.9 Å². The van der Waals surface area contributed by atoms with E-state index in [2.05, 4.69) is 29.0 Å². The number of carbonyl (C=O) groups excluding carboxylic acids is 3. The maximum absolute atomic E-state index is 12.7. The van der Waals surface area contributed by atoms with E-state index in [1.165, 1.54) is 24.4 Å². The Kier molecular flexibility index (Phi) is 9.25. The van der Waals surface area contributed by atoms with Gasteiger partial charge in [0.05, 0.1) is 23.3 Å². The van der Waals surface area contributed by atoms with Gasteiger partial charge < -0.3 is 20.5 Å². The number of esters is 1. The molecule has 3 rings (SSSR count). The van der Waals surface area contributed by atoms with Crippen LogP contribution in [-0.4, -0.2) is 45.4 Å². The Bertz CT molecular complexity index is 1270. The fourth-order valence-corrected chi connectivity index (χ4v) is 5.12. The highest BCUT2D eigenvalue weighted by atomic mass is 32.2. The van der Waals surface area contributed by atoms with Gasteiger partial charge in [-0.1, -0.05) is 36.9 Å². The van der Waals surface area contributed by atoms with Crippen LogP contribution in [0.2, 0.25) is 0 Å². The summed E-state index contributed by atoms with van der Waals surface area (Å²) in [6, 6.07) is 7.84. The number of allylic oxidation sites excluding steroid dienone is 1. The van der Waals surface area contributed by atoms with Crippen LogP contribution in [0.4, 0.5) is 5.00 Å². The molecule has 0 aliphatic rings. The van der Waals surface area contributed by atoms with E-state index in [4.69, 9.17) is 15.2 Å². The highest BCUT2D eigenvalue weighted by Gasteiger charge is 2.25. The largest absolute Gasteiger partial charge is 0.486 e. The number of nitrogens with two attached hydrogens (primary N) is 1. The molecule has 2 aromatic heterocycles. The molecule has 190 valence electrons. The first-order valence-electron chi connectivity index (χ1n) is 11.0. The van der Waals surface area contributed by atoms with Crippen molar-refractivity contribution >= 4 is 45.9 Å². The molecule has 2 amide bonds. The van der Waals surface area contributed by atoms with Crippen molar-refractivity contribution in [1.29, 1.82) is 0 Å². The van der Waals surface area contributed by atoms with Gasteiger partial charge in [0, 0.05) is 6.54 Å². The summed E-state index contributed by atoms with van der Waals surface area (Å²) in [6.07, 6.45) is 2.65. The summed E-state index contributed by atoms with van der Waals surface area (Å²) >= 11 is 2.10. The van der Waals surface area contributed by atoms with Gasteiger partial charge in [0.1, 0.15) is 17.4 Å². The van der Waals surface area contributed by atoms with Gasteiger partial charge in [-0.15, -0.1) is 28.1 Å². The number of thioether (sulfide) groups is 1. The van der Waals surface area contributed by atoms with Crippen molar-refractivity contribution in [3.05, 3.63) is 64.3 Å². The summed E-state index contributed by atoms with van der Waals surface area (Å²) < 4.78 is 12.5. The van der Waals surface area contributed by atoms with Crippen molar-refractivity contribution in [3.63, 3.8) is 0 Å². The molecule has 0 aliphatic heterocycles. The molecular formula is C24H27N5O5S2. The highest BCUT2D eigenvalue weighted by Crippen LogP contribution is 2.33. The summed E-state index contributed by atoms with van der Waals surface area (Å²) in [5.41, 5.74) is 7.08. The zero-order valence-electron chi connectivity index (χ0n) is 20.2. The number of amides is 2. The van der Waals surface area contributed by atoms with E-state index in [-0.39, 0.29) is 27.8 Å². The van der Waals surface area contributed by atoms with Crippen molar-refractivity contribution in [2.75, 3.05) is 18.2 Å². The maximum Gasteiger partial charge on any atom is 0.341 e. The van der Waals surface area contributed by atoms with Crippen molar-refractivity contribution in [1.82, 2.24) is 14.8 Å². The Hall–Kier alpha value is -3.64. The average molecular weight is 530 g/mol. The molecule has 3 N–H and O–H groups in total. The Labute approximate surface area is 216 Å². The molecule has 3 aromatic rings. The lowest BCUT2D eigenvalue weighted by atomic mass is 10.1. The minimum Gasteiger partial charge on any atom is -0.486 e. The Morgan fingerprint density at radius 1 is 1.25 bits per heavy atom. The van der Waals surface area contributed by atoms with Crippen LogP contribution in [0, 0.1) is 6.92 Å². The number of rotatable bonds is 12. The van der Waals surface area contributed by atoms with E-state index < -0.39 is 17.8 Å². The number of thiophene rings is 1. The molecular weight excluding hydrogens is 502 g/mol. The second-order valence-corrected chi connectivity index (χ2v) is 9.50. The number of ether oxygens (including phenoxy) is 2. The van der Waals surface area contributed by atoms with Crippen LogP contribution in [0.15, 0.2) is 42.1 Å². The Morgan fingerprint density at radius 2 is 1.97 bits per heavy atom. The molecule has 0 radical (unpaired) electrons. The lowest BCUT2D eigenvalue weighted by Crippen LogP contribution is -2.16. The number of hydrogen-bond acceptors (Lipinski definition) is 9. The zero-order chi connectivity index (χ0) is 26.2. The third-order valence-electron chi connectivity index (χ3n) is 5.15. The van der Waals surface area contributed by atoms with Crippen molar-refractivity contribution in [2.24, 2.45) is 5.73 Å². The minimum atomic E-state index is -0.689. The third kappa shape index (κ3) is 6.32. The molecule has 0 bridgehead atoms. The van der Waals surface area contributed by atoms with Gasteiger partial charge >= 0.3 is 5.97 Å². The molecule has 1 aromatic carbocycles. The van der Waals surface area contributed by atoms with Gasteiger partial charge in [-0.2, -0.15) is 0 Å². The third-order valence-corrected chi connectivity index (χ3v) is 7.34. The fourth-order valence-electron chi connectivity index (χ4n) is 3.29. The summed E-state index contributed by atoms with van der Waals surface area (Å²) in [5.74, 6) is -0.463. The molecule has 2 heterocycles. The fraction of sp³-hybridized carbons (Fsp3) is 0.292. The standard InChI is InChI=1S/C24H27N5O5S2/c1-5-11-29-17(12-34-16-9-7-15(6-2)8-10-16)27-28-24(29)35-13-18(30)26-22-19(23(32)33-4)14(3)20(36-22)21(25)31/h5,7-10H,1,6,11-13H2,2-4H3,(H2,25,31)(H,26,30). The lowest BCUT2D eigenvalue weighted by molar-refractivity contribution is -0.113. The number of hydrogen-bond donors (Lipinski definition) is 2. The molecule has 0 aliphatic carbocycles. The zero-order valence-corrected chi connectivity index (χ0v) is 21.8. The number of anilines is 1. The van der Waals surface area contributed by atoms with Gasteiger partial charge in [0.15, 0.2) is 11.0 Å². The van der Waals surface area contributed by atoms with Crippen molar-refractivity contribution in [3.8, 4) is 5.75 Å². The number of nitrogens with one attached hydrogen (secondary N) is 1. The summed E-state index contributed by atoms with van der Waals surface area (Å²) in [6.45, 7) is 8.08. The second-order valence-electron chi connectivity index (χ2n) is 7.54. The highest BCUT2D eigenvalue weighted by molar-refractivity contribution is 7.99. The molecule has 0 unspecified atom stereocenters. The molecule has 0 saturated heterocycles. The van der Waals surface area contributed by atoms with E-state index in [0.29, 0.717) is 23.1 Å². The Balaban J connectivity index is 1.68. The number of nitrogens with zero attached hydrogens (tertiary/aromatic N) is 3. The molecule has 12 heteroatoms. The van der Waals surface area contributed by atoms with Gasteiger partial charge in [-0.25, -0.2) is 4.79 Å². The van der Waals surface area contributed by atoms with Crippen LogP contribution in [0.5, 0.6) is 5.75 Å². The van der Waals surface area contributed by atoms with Gasteiger partial charge in [0.2, 0.25) is 5.91 Å². The smallest absolute Gasteiger partial charge is 0.341 e. The van der Waals surface area contributed by atoms with Crippen molar-refractivity contribution < 1.29 is 23.9 Å². The number of primary amides is 1. The van der Waals surface area contributed by atoms with E-state index in [1.807, 2.05) is 28.8 Å². The molecule has 0 fully saturated rings. The van der Waals surface area contributed by atoms with Gasteiger partial charge in [0.25, 0.3) is 5.91 Å². The predicted octanol–water partition coefficient (Wildman–Crippen LogP) is 3.59. The Morgan fingerprint density at radius 3 is 2.58 bits per heavy atom. The monoisotopic (exact) mass is 529 g/mol. The number of aryl methyl sites for hydroxylation is 1. The number of methoxy groups -OCH3 is 1. The van der Waals surface area contributed by atoms with Crippen LogP contribution in [0.3, 0.4) is 0 Å². The second kappa shape index (κ2) is 12.4. The number of carbonyl (C=O) groups is 3. The van der Waals surface area contributed by atoms with E-state index in [9.17, 15) is 14.4 Å². The first-order chi connectivity index (χ1) is 17.3. The first kappa shape index (κ1) is 27.0. The van der Waals surface area contributed by atoms with Crippen LogP contribution < -0.4 is 15.8 Å². The summed E-state index contributed by atoms with van der Waals surface area (Å²) in [5, 5.41) is 11.8. The van der Waals surface area contributed by atoms with E-state index >= 15 is 0 Å². The predicted molar refractivity (Wildman–Crippen MR) is 139 cm³/mol. The van der Waals surface area contributed by atoms with Crippen LogP contribution in [-0.2, 0) is 29.1 Å². The first-order valence-corrected chi connectivity index (χ1v) is 12.8. The molecule has 0 saturated carbocycles. The van der Waals surface area contributed by atoms with Crippen LogP contribution >= 0.6 is 23.1 Å². The summed E-state index contributed by atoms with van der Waals surface area (Å²) in [4.78, 5) is 36.8. The van der Waals surface area contributed by atoms with Gasteiger partial charge in [-0.3, -0.25) is 14.2 Å². The molecule has 0 atom stereocenters. The molecule has 36 heavy (non-hydrogen) atoms. The SMILES string of the molecule is C=CCn1c(COc2ccc(CC)cc2)nnc1SCC(=O)Nc1sc(C(N)=O)c(C)c1C(=O)OC. The normalized spacial score (nSPS) is 10.6. The van der Waals surface area contributed by atoms with Crippen molar-refractivity contribution in [2.45, 2.75) is 38.6 Å². The number of benzene rings is 1. The quantitative estimate of drug-likeness (QED) is 0.206. The minimum absolute atomic E-state index is 0.0158. The topological polar surface area (TPSA) is 138 Å². The van der Waals surface area contributed by atoms with E-state index in [1.54, 1.807) is 13.0 Å². The molecule has 10 nitrogen and oxygen atoms in total. The van der Waals surface area contributed by atoms with E-state index in [0.717, 1.165) is 23.5 Å². The maximum atomic E-state index is 12.7. The molecule has 0 spiro atoms. The lowest BCUT2D eigenvalue weighted by Gasteiger charge is -2.10. The summed E-state index contributed by atoms with van der Waals surface area (Å²) in [7, 11) is 1.22.